The van der Waals surface area contributed by atoms with Crippen LogP contribution < -0.4 is 10.2 Å². The number of likely N-dealkylation sites (N-methyl/N-ethyl adjacent to an activating group) is 1. The zero-order valence-corrected chi connectivity index (χ0v) is 12.0. The highest BCUT2D eigenvalue weighted by atomic mass is 32.2. The molecule has 17 heavy (non-hydrogen) atoms. The minimum Gasteiger partial charge on any atom is -0.366 e. The SMILES string of the molecule is CNCCN1c2cc(C)c(C)cc2SCC1C. The fraction of sp³-hybridized carbons (Fsp3) is 0.571. The van der Waals surface area contributed by atoms with Gasteiger partial charge < -0.3 is 10.2 Å². The third-order valence-corrected chi connectivity index (χ3v) is 4.79. The van der Waals surface area contributed by atoms with Crippen LogP contribution in [-0.2, 0) is 0 Å². The number of anilines is 1. The van der Waals surface area contributed by atoms with Crippen molar-refractivity contribution in [1.29, 1.82) is 0 Å². The Morgan fingerprint density at radius 3 is 2.76 bits per heavy atom. The van der Waals surface area contributed by atoms with Crippen LogP contribution in [0.3, 0.4) is 0 Å². The normalized spacial score (nSPS) is 19.3. The Morgan fingerprint density at radius 2 is 2.06 bits per heavy atom. The van der Waals surface area contributed by atoms with Crippen LogP contribution in [0, 0.1) is 13.8 Å². The van der Waals surface area contributed by atoms with Crippen LogP contribution >= 0.6 is 11.8 Å². The van der Waals surface area contributed by atoms with E-state index >= 15 is 0 Å². The molecule has 1 heterocycles. The van der Waals surface area contributed by atoms with E-state index in [4.69, 9.17) is 0 Å². The van der Waals surface area contributed by atoms with Crippen molar-refractivity contribution in [3.05, 3.63) is 23.3 Å². The molecule has 1 atom stereocenters. The lowest BCUT2D eigenvalue weighted by Crippen LogP contribution is -2.41. The maximum atomic E-state index is 3.24. The van der Waals surface area contributed by atoms with Crippen molar-refractivity contribution < 1.29 is 0 Å². The Bertz CT molecular complexity index is 403. The summed E-state index contributed by atoms with van der Waals surface area (Å²) in [4.78, 5) is 3.98. The number of thioether (sulfide) groups is 1. The van der Waals surface area contributed by atoms with Gasteiger partial charge in [0.1, 0.15) is 0 Å². The molecule has 0 fully saturated rings. The first-order valence-electron chi connectivity index (χ1n) is 6.28. The predicted octanol–water partition coefficient (Wildman–Crippen LogP) is 2.82. The molecule has 1 aromatic rings. The largest absolute Gasteiger partial charge is 0.366 e. The Morgan fingerprint density at radius 1 is 1.35 bits per heavy atom. The van der Waals surface area contributed by atoms with Gasteiger partial charge in [-0.3, -0.25) is 0 Å². The standard InChI is InChI=1S/C14H22N2S/c1-10-7-13-14(8-11(10)2)17-9-12(3)16(13)6-5-15-4/h7-8,12,15H,5-6,9H2,1-4H3. The minimum absolute atomic E-state index is 0.628. The lowest BCUT2D eigenvalue weighted by molar-refractivity contribution is 0.648. The monoisotopic (exact) mass is 250 g/mol. The second kappa shape index (κ2) is 5.32. The van der Waals surface area contributed by atoms with Crippen LogP contribution in [0.5, 0.6) is 0 Å². The Labute approximate surface area is 109 Å². The molecule has 0 aliphatic carbocycles. The maximum absolute atomic E-state index is 3.24. The quantitative estimate of drug-likeness (QED) is 0.888. The number of benzene rings is 1. The summed E-state index contributed by atoms with van der Waals surface area (Å²) in [5, 5.41) is 3.24. The van der Waals surface area contributed by atoms with Crippen LogP contribution in [-0.4, -0.2) is 31.9 Å². The highest BCUT2D eigenvalue weighted by Gasteiger charge is 2.23. The molecular weight excluding hydrogens is 228 g/mol. The van der Waals surface area contributed by atoms with Crippen LogP contribution in [0.15, 0.2) is 17.0 Å². The van der Waals surface area contributed by atoms with E-state index in [1.165, 1.54) is 27.5 Å². The number of hydrogen-bond acceptors (Lipinski definition) is 3. The molecule has 1 aromatic carbocycles. The third-order valence-electron chi connectivity index (χ3n) is 3.50. The van der Waals surface area contributed by atoms with Crippen molar-refractivity contribution in [1.82, 2.24) is 5.32 Å². The van der Waals surface area contributed by atoms with E-state index < -0.39 is 0 Å². The zero-order valence-electron chi connectivity index (χ0n) is 11.2. The second-order valence-corrected chi connectivity index (χ2v) is 5.92. The molecule has 0 radical (unpaired) electrons. The molecule has 1 unspecified atom stereocenters. The highest BCUT2D eigenvalue weighted by molar-refractivity contribution is 7.99. The van der Waals surface area contributed by atoms with Gasteiger partial charge >= 0.3 is 0 Å². The number of nitrogens with one attached hydrogen (secondary N) is 1. The summed E-state index contributed by atoms with van der Waals surface area (Å²) >= 11 is 1.99. The summed E-state index contributed by atoms with van der Waals surface area (Å²) in [5.74, 6) is 1.19. The molecule has 2 nitrogen and oxygen atoms in total. The smallest absolute Gasteiger partial charge is 0.0510 e. The molecule has 2 rings (SSSR count). The van der Waals surface area contributed by atoms with Crippen molar-refractivity contribution in [2.75, 3.05) is 30.8 Å². The van der Waals surface area contributed by atoms with Crippen molar-refractivity contribution in [3.63, 3.8) is 0 Å². The van der Waals surface area contributed by atoms with Gasteiger partial charge in [-0.15, -0.1) is 11.8 Å². The number of hydrogen-bond donors (Lipinski definition) is 1. The summed E-state index contributed by atoms with van der Waals surface area (Å²) in [6, 6.07) is 5.32. The van der Waals surface area contributed by atoms with E-state index in [-0.39, 0.29) is 0 Å². The fourth-order valence-electron chi connectivity index (χ4n) is 2.23. The molecule has 0 amide bonds. The molecule has 0 saturated heterocycles. The summed E-state index contributed by atoms with van der Waals surface area (Å²) in [5.41, 5.74) is 4.22. The maximum Gasteiger partial charge on any atom is 0.0510 e. The lowest BCUT2D eigenvalue weighted by atomic mass is 10.1. The minimum atomic E-state index is 0.628. The summed E-state index contributed by atoms with van der Waals surface area (Å²) in [6.07, 6.45) is 0. The second-order valence-electron chi connectivity index (χ2n) is 4.86. The van der Waals surface area contributed by atoms with Gasteiger partial charge in [-0.05, 0) is 51.1 Å². The van der Waals surface area contributed by atoms with Crippen LogP contribution in [0.4, 0.5) is 5.69 Å². The van der Waals surface area contributed by atoms with Gasteiger partial charge in [0.25, 0.3) is 0 Å². The lowest BCUT2D eigenvalue weighted by Gasteiger charge is -2.37. The summed E-state index contributed by atoms with van der Waals surface area (Å²) in [6.45, 7) is 8.86. The Hall–Kier alpha value is -0.670. The number of fused-ring (bicyclic) bond motifs is 1. The Balaban J connectivity index is 2.33. The molecule has 0 aromatic heterocycles. The van der Waals surface area contributed by atoms with Gasteiger partial charge in [-0.1, -0.05) is 0 Å². The fourth-order valence-corrected chi connectivity index (χ4v) is 3.41. The average Bonchev–Trinajstić information content (AvgIpc) is 2.30. The van der Waals surface area contributed by atoms with Crippen molar-refractivity contribution in [2.45, 2.75) is 31.7 Å². The van der Waals surface area contributed by atoms with Crippen LogP contribution in [0.25, 0.3) is 0 Å². The summed E-state index contributed by atoms with van der Waals surface area (Å²) in [7, 11) is 2.02. The predicted molar refractivity (Wildman–Crippen MR) is 77.4 cm³/mol. The Kier molecular flexibility index (Phi) is 4.00. The summed E-state index contributed by atoms with van der Waals surface area (Å²) < 4.78 is 0. The van der Waals surface area contributed by atoms with E-state index in [2.05, 4.69) is 43.1 Å². The third kappa shape index (κ3) is 2.61. The van der Waals surface area contributed by atoms with Crippen molar-refractivity contribution in [3.8, 4) is 0 Å². The molecule has 0 saturated carbocycles. The highest BCUT2D eigenvalue weighted by Crippen LogP contribution is 2.38. The first-order chi connectivity index (χ1) is 8.13. The van der Waals surface area contributed by atoms with Crippen LogP contribution in [0.1, 0.15) is 18.1 Å². The molecule has 1 aliphatic heterocycles. The van der Waals surface area contributed by atoms with Crippen molar-refractivity contribution >= 4 is 17.4 Å². The van der Waals surface area contributed by atoms with Crippen LogP contribution in [0.2, 0.25) is 0 Å². The zero-order chi connectivity index (χ0) is 12.4. The van der Waals surface area contributed by atoms with Gasteiger partial charge in [0.2, 0.25) is 0 Å². The van der Waals surface area contributed by atoms with Gasteiger partial charge in [-0.25, -0.2) is 0 Å². The number of nitrogens with zero attached hydrogens (tertiary/aromatic N) is 1. The van der Waals surface area contributed by atoms with Gasteiger partial charge in [0.15, 0.2) is 0 Å². The molecule has 0 bridgehead atoms. The van der Waals surface area contributed by atoms with Gasteiger partial charge in [0.05, 0.1) is 5.69 Å². The first-order valence-corrected chi connectivity index (χ1v) is 7.27. The molecule has 1 N–H and O–H groups in total. The first kappa shape index (κ1) is 12.8. The van der Waals surface area contributed by atoms with E-state index in [1.54, 1.807) is 0 Å². The average molecular weight is 250 g/mol. The van der Waals surface area contributed by atoms with Gasteiger partial charge in [-0.2, -0.15) is 0 Å². The molecule has 1 aliphatic rings. The topological polar surface area (TPSA) is 15.3 Å². The number of aryl methyl sites for hydroxylation is 2. The number of rotatable bonds is 3. The van der Waals surface area contributed by atoms with Gasteiger partial charge in [0, 0.05) is 29.8 Å². The van der Waals surface area contributed by atoms with E-state index in [1.807, 2.05) is 18.8 Å². The van der Waals surface area contributed by atoms with E-state index in [9.17, 15) is 0 Å². The van der Waals surface area contributed by atoms with E-state index in [0.717, 1.165) is 13.1 Å². The molecule has 94 valence electrons. The van der Waals surface area contributed by atoms with E-state index in [0.29, 0.717) is 6.04 Å². The molecule has 0 spiro atoms. The molecule has 3 heteroatoms. The molecular formula is C14H22N2S. The van der Waals surface area contributed by atoms with Crippen molar-refractivity contribution in [2.24, 2.45) is 0 Å².